The minimum atomic E-state index is -0.394. The topological polar surface area (TPSA) is 65.0 Å². The van der Waals surface area contributed by atoms with Crippen molar-refractivity contribution in [1.29, 1.82) is 0 Å². The van der Waals surface area contributed by atoms with Gasteiger partial charge in [-0.25, -0.2) is 9.79 Å². The number of carbonyl (C=O) groups is 2. The molecule has 0 bridgehead atoms. The summed E-state index contributed by atoms with van der Waals surface area (Å²) in [6.45, 7) is 7.42. The van der Waals surface area contributed by atoms with Crippen molar-refractivity contribution >= 4 is 28.9 Å². The summed E-state index contributed by atoms with van der Waals surface area (Å²) in [7, 11) is 1.72. The number of carbonyl (C=O) groups excluding carboxylic acids is 2. The summed E-state index contributed by atoms with van der Waals surface area (Å²) in [5, 5.41) is 3.39. The maximum atomic E-state index is 12.5. The SMILES string of the molecule is CCCCCCCCCSC1=NC2C(C(=O)NC(=O)N2C)N1CCC(C)C. The van der Waals surface area contributed by atoms with Crippen LogP contribution in [0.2, 0.25) is 0 Å². The number of aliphatic imine (C=N–C) groups is 1. The maximum absolute atomic E-state index is 12.5. The van der Waals surface area contributed by atoms with Crippen LogP contribution in [0, 0.1) is 5.92 Å². The maximum Gasteiger partial charge on any atom is 0.325 e. The molecule has 2 atom stereocenters. The van der Waals surface area contributed by atoms with Crippen LogP contribution in [-0.4, -0.2) is 58.5 Å². The number of hydrogen-bond donors (Lipinski definition) is 1. The Bertz CT molecular complexity index is 538. The van der Waals surface area contributed by atoms with Crippen LogP contribution in [0.1, 0.15) is 72.1 Å². The van der Waals surface area contributed by atoms with Crippen molar-refractivity contribution in [3.8, 4) is 0 Å². The molecule has 0 saturated carbocycles. The number of nitrogens with one attached hydrogen (secondary N) is 1. The molecule has 2 aliphatic rings. The summed E-state index contributed by atoms with van der Waals surface area (Å²) in [5.74, 6) is 1.36. The smallest absolute Gasteiger partial charge is 0.325 e. The normalized spacial score (nSPS) is 22.3. The average Bonchev–Trinajstić information content (AvgIpc) is 2.99. The van der Waals surface area contributed by atoms with Crippen molar-refractivity contribution < 1.29 is 9.59 Å². The number of fused-ring (bicyclic) bond motifs is 1. The third-order valence-electron chi connectivity index (χ3n) is 5.25. The highest BCUT2D eigenvalue weighted by Crippen LogP contribution is 2.29. The highest BCUT2D eigenvalue weighted by atomic mass is 32.2. The van der Waals surface area contributed by atoms with Crippen LogP contribution in [0.25, 0.3) is 0 Å². The Morgan fingerprint density at radius 2 is 1.78 bits per heavy atom. The summed E-state index contributed by atoms with van der Waals surface area (Å²) >= 11 is 1.74. The number of imide groups is 1. The largest absolute Gasteiger partial charge is 0.336 e. The van der Waals surface area contributed by atoms with E-state index < -0.39 is 6.17 Å². The minimum absolute atomic E-state index is 0.220. The quantitative estimate of drug-likeness (QED) is 0.535. The molecule has 0 aromatic carbocycles. The highest BCUT2D eigenvalue weighted by molar-refractivity contribution is 8.13. The summed E-state index contributed by atoms with van der Waals surface area (Å²) in [5.41, 5.74) is 0. The van der Waals surface area contributed by atoms with Gasteiger partial charge in [-0.2, -0.15) is 0 Å². The van der Waals surface area contributed by atoms with Gasteiger partial charge in [0.15, 0.2) is 17.4 Å². The number of hydrogen-bond acceptors (Lipinski definition) is 5. The van der Waals surface area contributed by atoms with Gasteiger partial charge in [0.2, 0.25) is 0 Å². The van der Waals surface area contributed by atoms with E-state index in [1.807, 2.05) is 0 Å². The van der Waals surface area contributed by atoms with Crippen molar-refractivity contribution in [3.63, 3.8) is 0 Å². The second-order valence-electron chi connectivity index (χ2n) is 8.02. The molecule has 27 heavy (non-hydrogen) atoms. The molecule has 7 heteroatoms. The predicted molar refractivity (Wildman–Crippen MR) is 113 cm³/mol. The fraction of sp³-hybridized carbons (Fsp3) is 0.850. The lowest BCUT2D eigenvalue weighted by atomic mass is 10.1. The van der Waals surface area contributed by atoms with Gasteiger partial charge < -0.3 is 9.80 Å². The van der Waals surface area contributed by atoms with E-state index in [9.17, 15) is 9.59 Å². The second-order valence-corrected chi connectivity index (χ2v) is 9.08. The van der Waals surface area contributed by atoms with Crippen molar-refractivity contribution in [3.05, 3.63) is 0 Å². The number of likely N-dealkylation sites (N-methyl/N-ethyl adjacent to an activating group) is 1. The molecule has 2 unspecified atom stereocenters. The van der Waals surface area contributed by atoms with Crippen LogP contribution in [0.4, 0.5) is 4.79 Å². The van der Waals surface area contributed by atoms with Gasteiger partial charge in [-0.05, 0) is 18.8 Å². The molecular weight excluding hydrogens is 360 g/mol. The zero-order chi connectivity index (χ0) is 19.8. The molecule has 1 fully saturated rings. The first-order chi connectivity index (χ1) is 13.0. The third-order valence-corrected chi connectivity index (χ3v) is 6.34. The van der Waals surface area contributed by atoms with Gasteiger partial charge in [0.1, 0.15) is 0 Å². The fourth-order valence-corrected chi connectivity index (χ4v) is 4.56. The highest BCUT2D eigenvalue weighted by Gasteiger charge is 2.48. The summed E-state index contributed by atoms with van der Waals surface area (Å²) in [6, 6.07) is -0.741. The number of amidine groups is 1. The van der Waals surface area contributed by atoms with E-state index in [1.54, 1.807) is 23.7 Å². The van der Waals surface area contributed by atoms with E-state index in [2.05, 4.69) is 31.0 Å². The number of unbranched alkanes of at least 4 members (excludes halogenated alkanes) is 6. The molecule has 0 aliphatic carbocycles. The van der Waals surface area contributed by atoms with Crippen LogP contribution < -0.4 is 5.32 Å². The fourth-order valence-electron chi connectivity index (χ4n) is 3.48. The van der Waals surface area contributed by atoms with Gasteiger partial charge in [-0.1, -0.05) is 71.1 Å². The first-order valence-corrected chi connectivity index (χ1v) is 11.5. The zero-order valence-corrected chi connectivity index (χ0v) is 18.2. The third kappa shape index (κ3) is 6.13. The molecule has 2 rings (SSSR count). The van der Waals surface area contributed by atoms with Gasteiger partial charge in [0.25, 0.3) is 5.91 Å². The summed E-state index contributed by atoms with van der Waals surface area (Å²) in [4.78, 5) is 32.8. The van der Waals surface area contributed by atoms with Crippen LogP contribution in [0.3, 0.4) is 0 Å². The lowest BCUT2D eigenvalue weighted by Gasteiger charge is -2.36. The van der Waals surface area contributed by atoms with Gasteiger partial charge in [-0.3, -0.25) is 10.1 Å². The van der Waals surface area contributed by atoms with E-state index in [4.69, 9.17) is 4.99 Å². The van der Waals surface area contributed by atoms with E-state index in [0.717, 1.165) is 23.9 Å². The van der Waals surface area contributed by atoms with Crippen LogP contribution in [0.15, 0.2) is 4.99 Å². The molecule has 1 N–H and O–H groups in total. The lowest BCUT2D eigenvalue weighted by molar-refractivity contribution is -0.127. The van der Waals surface area contributed by atoms with Crippen LogP contribution in [-0.2, 0) is 4.79 Å². The first kappa shape index (κ1) is 22.1. The molecule has 0 radical (unpaired) electrons. The van der Waals surface area contributed by atoms with Gasteiger partial charge in [-0.15, -0.1) is 0 Å². The first-order valence-electron chi connectivity index (χ1n) is 10.5. The molecule has 2 heterocycles. The Labute approximate surface area is 168 Å². The molecule has 3 amide bonds. The van der Waals surface area contributed by atoms with E-state index in [-0.39, 0.29) is 18.0 Å². The molecule has 1 saturated heterocycles. The van der Waals surface area contributed by atoms with Gasteiger partial charge in [0, 0.05) is 19.3 Å². The zero-order valence-electron chi connectivity index (χ0n) is 17.4. The second kappa shape index (κ2) is 10.9. The minimum Gasteiger partial charge on any atom is -0.336 e. The Hall–Kier alpha value is -1.24. The van der Waals surface area contributed by atoms with Crippen molar-refractivity contribution in [2.75, 3.05) is 19.3 Å². The Balaban J connectivity index is 1.89. The Morgan fingerprint density at radius 1 is 1.11 bits per heavy atom. The summed E-state index contributed by atoms with van der Waals surface area (Å²) < 4.78 is 0. The van der Waals surface area contributed by atoms with Crippen molar-refractivity contribution in [2.24, 2.45) is 10.9 Å². The van der Waals surface area contributed by atoms with Crippen LogP contribution in [0.5, 0.6) is 0 Å². The summed E-state index contributed by atoms with van der Waals surface area (Å²) in [6.07, 6.45) is 9.64. The average molecular weight is 397 g/mol. The standard InChI is InChI=1S/C20H36N4O2S/c1-5-6-7-8-9-10-11-14-27-20-21-17-16(24(20)13-12-15(2)3)18(25)22-19(26)23(17)4/h15-17H,5-14H2,1-4H3,(H,22,25,26). The Morgan fingerprint density at radius 3 is 2.44 bits per heavy atom. The molecule has 0 aromatic heterocycles. The van der Waals surface area contributed by atoms with Gasteiger partial charge in [0.05, 0.1) is 0 Å². The van der Waals surface area contributed by atoms with Crippen molar-refractivity contribution in [1.82, 2.24) is 15.1 Å². The van der Waals surface area contributed by atoms with Crippen molar-refractivity contribution in [2.45, 2.75) is 84.3 Å². The van der Waals surface area contributed by atoms with E-state index in [0.29, 0.717) is 5.92 Å². The Kier molecular flexibility index (Phi) is 8.93. The predicted octanol–water partition coefficient (Wildman–Crippen LogP) is 4.06. The van der Waals surface area contributed by atoms with E-state index in [1.165, 1.54) is 44.9 Å². The number of thioether (sulfide) groups is 1. The van der Waals surface area contributed by atoms with Gasteiger partial charge >= 0.3 is 6.03 Å². The molecular formula is C20H36N4O2S. The number of nitrogens with zero attached hydrogens (tertiary/aromatic N) is 3. The number of urea groups is 1. The lowest BCUT2D eigenvalue weighted by Crippen LogP contribution is -2.63. The van der Waals surface area contributed by atoms with Crippen LogP contribution >= 0.6 is 11.8 Å². The number of rotatable bonds is 11. The molecule has 2 aliphatic heterocycles. The molecule has 6 nitrogen and oxygen atoms in total. The number of amides is 3. The monoisotopic (exact) mass is 396 g/mol. The molecule has 154 valence electrons. The van der Waals surface area contributed by atoms with E-state index >= 15 is 0 Å². The molecule has 0 aromatic rings. The molecule has 0 spiro atoms.